The van der Waals surface area contributed by atoms with E-state index < -0.39 is 0 Å². The number of aliphatic hydroxyl groups is 2. The summed E-state index contributed by atoms with van der Waals surface area (Å²) in [6, 6.07) is 0.210. The highest BCUT2D eigenvalue weighted by molar-refractivity contribution is 4.82. The monoisotopic (exact) mass is 241 g/mol. The molecule has 2 fully saturated rings. The van der Waals surface area contributed by atoms with Crippen LogP contribution >= 0.6 is 0 Å². The molecule has 2 aliphatic carbocycles. The number of hydrogen-bond acceptors (Lipinski definition) is 3. The summed E-state index contributed by atoms with van der Waals surface area (Å²) in [6.45, 7) is 0.651. The molecule has 17 heavy (non-hydrogen) atoms. The van der Waals surface area contributed by atoms with Crippen molar-refractivity contribution in [2.45, 2.75) is 76.0 Å². The third kappa shape index (κ3) is 4.23. The zero-order valence-electron chi connectivity index (χ0n) is 10.8. The van der Waals surface area contributed by atoms with Gasteiger partial charge in [0, 0.05) is 12.6 Å². The fraction of sp³-hybridized carbons (Fsp3) is 1.00. The van der Waals surface area contributed by atoms with E-state index in [1.807, 2.05) is 0 Å². The third-order valence-corrected chi connectivity index (χ3v) is 4.43. The summed E-state index contributed by atoms with van der Waals surface area (Å²) in [5, 5.41) is 23.1. The molecule has 0 saturated heterocycles. The highest BCUT2D eigenvalue weighted by Crippen LogP contribution is 2.28. The van der Waals surface area contributed by atoms with Crippen molar-refractivity contribution in [3.05, 3.63) is 0 Å². The van der Waals surface area contributed by atoms with Gasteiger partial charge in [-0.15, -0.1) is 0 Å². The minimum absolute atomic E-state index is 0.206. The van der Waals surface area contributed by atoms with E-state index in [9.17, 15) is 10.2 Å². The van der Waals surface area contributed by atoms with E-state index in [4.69, 9.17) is 0 Å². The van der Waals surface area contributed by atoms with Crippen LogP contribution in [0.25, 0.3) is 0 Å². The molecular formula is C14H27NO2. The van der Waals surface area contributed by atoms with E-state index in [1.54, 1.807) is 0 Å². The van der Waals surface area contributed by atoms with Crippen molar-refractivity contribution in [3.8, 4) is 0 Å². The number of rotatable bonds is 5. The molecule has 3 atom stereocenters. The summed E-state index contributed by atoms with van der Waals surface area (Å²) in [6.07, 6.45) is 10.1. The van der Waals surface area contributed by atoms with Crippen molar-refractivity contribution in [2.75, 3.05) is 6.54 Å². The van der Waals surface area contributed by atoms with E-state index in [-0.39, 0.29) is 18.2 Å². The number of aliphatic hydroxyl groups excluding tert-OH is 2. The Morgan fingerprint density at radius 1 is 1.00 bits per heavy atom. The summed E-state index contributed by atoms with van der Waals surface area (Å²) in [5.41, 5.74) is 0. The van der Waals surface area contributed by atoms with Crippen LogP contribution in [0.5, 0.6) is 0 Å². The van der Waals surface area contributed by atoms with Gasteiger partial charge in [0.2, 0.25) is 0 Å². The van der Waals surface area contributed by atoms with Gasteiger partial charge >= 0.3 is 0 Å². The van der Waals surface area contributed by atoms with Crippen LogP contribution in [-0.4, -0.2) is 35.0 Å². The first-order chi connectivity index (χ1) is 8.25. The van der Waals surface area contributed by atoms with Crippen LogP contribution in [0.3, 0.4) is 0 Å². The van der Waals surface area contributed by atoms with Gasteiger partial charge in [-0.1, -0.05) is 38.5 Å². The topological polar surface area (TPSA) is 52.5 Å². The van der Waals surface area contributed by atoms with Crippen LogP contribution in [0.4, 0.5) is 0 Å². The largest absolute Gasteiger partial charge is 0.392 e. The maximum atomic E-state index is 9.98. The molecule has 0 heterocycles. The standard InChI is InChI=1S/C14H27NO2/c16-12(9-11-5-1-2-6-11)10-15-13-7-3-4-8-14(13)17/h11-17H,1-10H2. The minimum Gasteiger partial charge on any atom is -0.392 e. The number of nitrogens with one attached hydrogen (secondary N) is 1. The van der Waals surface area contributed by atoms with E-state index >= 15 is 0 Å². The molecule has 0 radical (unpaired) electrons. The van der Waals surface area contributed by atoms with Gasteiger partial charge in [-0.3, -0.25) is 0 Å². The highest BCUT2D eigenvalue weighted by atomic mass is 16.3. The average Bonchev–Trinajstić information content (AvgIpc) is 2.81. The zero-order valence-corrected chi connectivity index (χ0v) is 10.8. The van der Waals surface area contributed by atoms with Crippen molar-refractivity contribution in [1.82, 2.24) is 5.32 Å². The molecule has 2 rings (SSSR count). The molecule has 0 aromatic carbocycles. The molecule has 0 amide bonds. The van der Waals surface area contributed by atoms with Gasteiger partial charge in [0.1, 0.15) is 0 Å². The molecule has 0 bridgehead atoms. The maximum absolute atomic E-state index is 9.98. The zero-order chi connectivity index (χ0) is 12.1. The molecule has 100 valence electrons. The van der Waals surface area contributed by atoms with Crippen molar-refractivity contribution < 1.29 is 10.2 Å². The fourth-order valence-electron chi connectivity index (χ4n) is 3.35. The lowest BCUT2D eigenvalue weighted by molar-refractivity contribution is 0.0754. The molecule has 0 aromatic heterocycles. The lowest BCUT2D eigenvalue weighted by Crippen LogP contribution is -2.45. The summed E-state index contributed by atoms with van der Waals surface area (Å²) in [4.78, 5) is 0. The molecule has 3 nitrogen and oxygen atoms in total. The lowest BCUT2D eigenvalue weighted by atomic mass is 9.92. The van der Waals surface area contributed by atoms with Gasteiger partial charge in [0.25, 0.3) is 0 Å². The average molecular weight is 241 g/mol. The molecule has 3 heteroatoms. The predicted molar refractivity (Wildman–Crippen MR) is 68.8 cm³/mol. The lowest BCUT2D eigenvalue weighted by Gasteiger charge is -2.29. The molecule has 2 saturated carbocycles. The smallest absolute Gasteiger partial charge is 0.0693 e. The van der Waals surface area contributed by atoms with Crippen LogP contribution in [0.1, 0.15) is 57.8 Å². The summed E-state index contributed by atoms with van der Waals surface area (Å²) >= 11 is 0. The van der Waals surface area contributed by atoms with E-state index in [0.29, 0.717) is 6.54 Å². The van der Waals surface area contributed by atoms with Crippen LogP contribution in [0.15, 0.2) is 0 Å². The van der Waals surface area contributed by atoms with Crippen molar-refractivity contribution >= 4 is 0 Å². The predicted octanol–water partition coefficient (Wildman–Crippen LogP) is 1.82. The second-order valence-corrected chi connectivity index (χ2v) is 5.91. The van der Waals surface area contributed by atoms with Crippen molar-refractivity contribution in [1.29, 1.82) is 0 Å². The second kappa shape index (κ2) is 6.72. The summed E-state index contributed by atoms with van der Waals surface area (Å²) in [5.74, 6) is 0.739. The Kier molecular flexibility index (Phi) is 5.26. The highest BCUT2D eigenvalue weighted by Gasteiger charge is 2.24. The molecule has 2 aliphatic rings. The van der Waals surface area contributed by atoms with Crippen molar-refractivity contribution in [2.24, 2.45) is 5.92 Å². The Labute approximate surface area is 105 Å². The Morgan fingerprint density at radius 2 is 1.65 bits per heavy atom. The SMILES string of the molecule is OC(CNC1CCCCC1O)CC1CCCC1. The van der Waals surface area contributed by atoms with Gasteiger partial charge < -0.3 is 15.5 Å². The molecule has 0 spiro atoms. The third-order valence-electron chi connectivity index (χ3n) is 4.43. The molecule has 0 aromatic rings. The van der Waals surface area contributed by atoms with Gasteiger partial charge in [0.05, 0.1) is 12.2 Å². The van der Waals surface area contributed by atoms with Gasteiger partial charge in [-0.25, -0.2) is 0 Å². The van der Waals surface area contributed by atoms with Crippen molar-refractivity contribution in [3.63, 3.8) is 0 Å². The second-order valence-electron chi connectivity index (χ2n) is 5.91. The molecule has 0 aliphatic heterocycles. The Morgan fingerprint density at radius 3 is 2.35 bits per heavy atom. The summed E-state index contributed by atoms with van der Waals surface area (Å²) in [7, 11) is 0. The van der Waals surface area contributed by atoms with Gasteiger partial charge in [-0.2, -0.15) is 0 Å². The summed E-state index contributed by atoms with van der Waals surface area (Å²) < 4.78 is 0. The maximum Gasteiger partial charge on any atom is 0.0693 e. The molecule has 3 unspecified atom stereocenters. The first kappa shape index (κ1) is 13.3. The number of hydrogen-bond donors (Lipinski definition) is 3. The molecular weight excluding hydrogens is 214 g/mol. The minimum atomic E-state index is -0.229. The Balaban J connectivity index is 1.62. The normalized spacial score (nSPS) is 32.8. The molecule has 3 N–H and O–H groups in total. The first-order valence-electron chi connectivity index (χ1n) is 7.35. The quantitative estimate of drug-likeness (QED) is 0.688. The van der Waals surface area contributed by atoms with E-state index in [1.165, 1.54) is 32.1 Å². The Hall–Kier alpha value is -0.120. The van der Waals surface area contributed by atoms with E-state index in [2.05, 4.69) is 5.32 Å². The fourth-order valence-corrected chi connectivity index (χ4v) is 3.35. The Bertz CT molecular complexity index is 216. The van der Waals surface area contributed by atoms with Gasteiger partial charge in [0.15, 0.2) is 0 Å². The first-order valence-corrected chi connectivity index (χ1v) is 7.35. The van der Waals surface area contributed by atoms with Crippen LogP contribution < -0.4 is 5.32 Å². The van der Waals surface area contributed by atoms with Crippen LogP contribution in [-0.2, 0) is 0 Å². The van der Waals surface area contributed by atoms with Crippen LogP contribution in [0, 0.1) is 5.92 Å². The van der Waals surface area contributed by atoms with Gasteiger partial charge in [-0.05, 0) is 25.2 Å². The van der Waals surface area contributed by atoms with E-state index in [0.717, 1.165) is 31.6 Å². The van der Waals surface area contributed by atoms with Crippen LogP contribution in [0.2, 0.25) is 0 Å².